The molecule has 0 aliphatic carbocycles. The van der Waals surface area contributed by atoms with Gasteiger partial charge in [0.15, 0.2) is 0 Å². The van der Waals surface area contributed by atoms with Gasteiger partial charge < -0.3 is 15.4 Å². The van der Waals surface area contributed by atoms with Crippen molar-refractivity contribution >= 4 is 5.69 Å². The van der Waals surface area contributed by atoms with Crippen LogP contribution in [0.4, 0.5) is 10.1 Å². The van der Waals surface area contributed by atoms with Crippen LogP contribution in [0.15, 0.2) is 18.2 Å². The van der Waals surface area contributed by atoms with E-state index < -0.39 is 0 Å². The number of nitrogens with two attached hydrogens (primary N) is 1. The van der Waals surface area contributed by atoms with Gasteiger partial charge in [-0.2, -0.15) is 0 Å². The maximum Gasteiger partial charge on any atom is 0.129 e. The van der Waals surface area contributed by atoms with Gasteiger partial charge in [0.2, 0.25) is 0 Å². The Bertz CT molecular complexity index is 370. The minimum Gasteiger partial charge on any atom is -0.377 e. The second-order valence-electron chi connectivity index (χ2n) is 4.06. The molecule has 0 amide bonds. The van der Waals surface area contributed by atoms with E-state index in [4.69, 9.17) is 10.5 Å². The van der Waals surface area contributed by atoms with Gasteiger partial charge in [-0.25, -0.2) is 4.39 Å². The molecule has 88 valence electrons. The Morgan fingerprint density at radius 2 is 2.38 bits per heavy atom. The van der Waals surface area contributed by atoms with E-state index in [1.807, 2.05) is 6.07 Å². The van der Waals surface area contributed by atoms with Crippen LogP contribution in [0.5, 0.6) is 0 Å². The molecule has 16 heavy (non-hydrogen) atoms. The molecule has 1 aromatic rings. The molecule has 0 saturated carbocycles. The van der Waals surface area contributed by atoms with Crippen LogP contribution in [-0.2, 0) is 11.3 Å². The van der Waals surface area contributed by atoms with Crippen LogP contribution in [0.1, 0.15) is 12.5 Å². The monoisotopic (exact) mass is 224 g/mol. The molecule has 4 heteroatoms. The van der Waals surface area contributed by atoms with Crippen molar-refractivity contribution in [1.82, 2.24) is 0 Å². The average Bonchev–Trinajstić information content (AvgIpc) is 2.29. The summed E-state index contributed by atoms with van der Waals surface area (Å²) < 4.78 is 19.0. The third kappa shape index (κ3) is 2.03. The Morgan fingerprint density at radius 1 is 1.56 bits per heavy atom. The van der Waals surface area contributed by atoms with Gasteiger partial charge in [-0.15, -0.1) is 0 Å². The highest BCUT2D eigenvalue weighted by Crippen LogP contribution is 2.25. The number of nitrogens with zero attached hydrogens (tertiary/aromatic N) is 1. The Hall–Kier alpha value is -1.13. The second-order valence-corrected chi connectivity index (χ2v) is 4.06. The lowest BCUT2D eigenvalue weighted by molar-refractivity contribution is 0.0988. The van der Waals surface area contributed by atoms with Crippen molar-refractivity contribution in [2.45, 2.75) is 19.5 Å². The van der Waals surface area contributed by atoms with E-state index in [0.29, 0.717) is 18.8 Å². The highest BCUT2D eigenvalue weighted by atomic mass is 19.1. The molecule has 1 aliphatic rings. The molecule has 1 heterocycles. The summed E-state index contributed by atoms with van der Waals surface area (Å²) in [5.41, 5.74) is 7.10. The number of hydrogen-bond acceptors (Lipinski definition) is 3. The van der Waals surface area contributed by atoms with Crippen molar-refractivity contribution in [2.24, 2.45) is 5.73 Å². The second kappa shape index (κ2) is 4.80. The number of hydrogen-bond donors (Lipinski definition) is 1. The SMILES string of the molecule is CC1COCCN1c1cccc(F)c1CN. The van der Waals surface area contributed by atoms with Crippen LogP contribution in [-0.4, -0.2) is 25.8 Å². The zero-order valence-corrected chi connectivity index (χ0v) is 9.45. The average molecular weight is 224 g/mol. The highest BCUT2D eigenvalue weighted by Gasteiger charge is 2.22. The normalized spacial score (nSPS) is 21.2. The molecule has 2 rings (SSSR count). The van der Waals surface area contributed by atoms with Gasteiger partial charge in [0.05, 0.1) is 13.2 Å². The molecule has 0 bridgehead atoms. The van der Waals surface area contributed by atoms with Gasteiger partial charge in [-0.05, 0) is 19.1 Å². The summed E-state index contributed by atoms with van der Waals surface area (Å²) in [5.74, 6) is -0.223. The minimum atomic E-state index is -0.223. The highest BCUT2D eigenvalue weighted by molar-refractivity contribution is 5.55. The summed E-state index contributed by atoms with van der Waals surface area (Å²) in [6.07, 6.45) is 0. The van der Waals surface area contributed by atoms with E-state index in [0.717, 1.165) is 12.2 Å². The molecule has 1 aliphatic heterocycles. The number of ether oxygens (including phenoxy) is 1. The van der Waals surface area contributed by atoms with Gasteiger partial charge in [-0.1, -0.05) is 6.07 Å². The first-order chi connectivity index (χ1) is 7.74. The lowest BCUT2D eigenvalue weighted by Crippen LogP contribution is -2.44. The number of halogens is 1. The smallest absolute Gasteiger partial charge is 0.129 e. The molecule has 1 aromatic carbocycles. The maximum atomic E-state index is 13.6. The summed E-state index contributed by atoms with van der Waals surface area (Å²) in [6.45, 7) is 4.46. The summed E-state index contributed by atoms with van der Waals surface area (Å²) in [7, 11) is 0. The van der Waals surface area contributed by atoms with E-state index in [1.165, 1.54) is 6.07 Å². The van der Waals surface area contributed by atoms with E-state index in [2.05, 4.69) is 11.8 Å². The molecular formula is C12H17FN2O. The van der Waals surface area contributed by atoms with Gasteiger partial charge >= 0.3 is 0 Å². The van der Waals surface area contributed by atoms with Crippen molar-refractivity contribution in [3.8, 4) is 0 Å². The lowest BCUT2D eigenvalue weighted by Gasteiger charge is -2.36. The third-order valence-corrected chi connectivity index (χ3v) is 2.98. The summed E-state index contributed by atoms with van der Waals surface area (Å²) >= 11 is 0. The number of morpholine rings is 1. The zero-order valence-electron chi connectivity index (χ0n) is 9.45. The summed E-state index contributed by atoms with van der Waals surface area (Å²) in [5, 5.41) is 0. The first-order valence-electron chi connectivity index (χ1n) is 5.56. The fourth-order valence-corrected chi connectivity index (χ4v) is 2.10. The van der Waals surface area contributed by atoms with Crippen LogP contribution < -0.4 is 10.6 Å². The van der Waals surface area contributed by atoms with Crippen molar-refractivity contribution in [3.05, 3.63) is 29.6 Å². The van der Waals surface area contributed by atoms with E-state index in [-0.39, 0.29) is 18.4 Å². The molecule has 0 aromatic heterocycles. The van der Waals surface area contributed by atoms with E-state index in [1.54, 1.807) is 6.07 Å². The van der Waals surface area contributed by atoms with Crippen LogP contribution in [0, 0.1) is 5.82 Å². The van der Waals surface area contributed by atoms with Gasteiger partial charge in [0.1, 0.15) is 5.82 Å². The van der Waals surface area contributed by atoms with Crippen molar-refractivity contribution < 1.29 is 9.13 Å². The molecule has 1 atom stereocenters. The van der Waals surface area contributed by atoms with Crippen molar-refractivity contribution in [3.63, 3.8) is 0 Å². The van der Waals surface area contributed by atoms with Crippen LogP contribution in [0.25, 0.3) is 0 Å². The fourth-order valence-electron chi connectivity index (χ4n) is 2.10. The number of anilines is 1. The van der Waals surface area contributed by atoms with E-state index >= 15 is 0 Å². The third-order valence-electron chi connectivity index (χ3n) is 2.98. The van der Waals surface area contributed by atoms with Gasteiger partial charge in [0, 0.05) is 30.4 Å². The molecule has 0 radical (unpaired) electrons. The summed E-state index contributed by atoms with van der Waals surface area (Å²) in [6, 6.07) is 5.37. The Labute approximate surface area is 95.0 Å². The molecule has 0 spiro atoms. The molecule has 2 N–H and O–H groups in total. The number of benzene rings is 1. The van der Waals surface area contributed by atoms with Crippen LogP contribution >= 0.6 is 0 Å². The Balaban J connectivity index is 2.34. The predicted octanol–water partition coefficient (Wildman–Crippen LogP) is 1.51. The first kappa shape index (κ1) is 11.4. The first-order valence-corrected chi connectivity index (χ1v) is 5.56. The standard InChI is InChI=1S/C12H17FN2O/c1-9-8-16-6-5-15(9)12-4-2-3-11(13)10(12)7-14/h2-4,9H,5-8,14H2,1H3. The largest absolute Gasteiger partial charge is 0.377 e. The van der Waals surface area contributed by atoms with Crippen LogP contribution in [0.2, 0.25) is 0 Å². The van der Waals surface area contributed by atoms with Crippen molar-refractivity contribution in [2.75, 3.05) is 24.7 Å². The van der Waals surface area contributed by atoms with Gasteiger partial charge in [0.25, 0.3) is 0 Å². The number of rotatable bonds is 2. The fraction of sp³-hybridized carbons (Fsp3) is 0.500. The zero-order chi connectivity index (χ0) is 11.5. The van der Waals surface area contributed by atoms with Crippen LogP contribution in [0.3, 0.4) is 0 Å². The lowest BCUT2D eigenvalue weighted by atomic mass is 10.1. The predicted molar refractivity (Wildman–Crippen MR) is 61.9 cm³/mol. The minimum absolute atomic E-state index is 0.223. The molecule has 1 fully saturated rings. The Morgan fingerprint density at radius 3 is 3.06 bits per heavy atom. The molecular weight excluding hydrogens is 207 g/mol. The maximum absolute atomic E-state index is 13.6. The van der Waals surface area contributed by atoms with Gasteiger partial charge in [-0.3, -0.25) is 0 Å². The summed E-state index contributed by atoms with van der Waals surface area (Å²) in [4.78, 5) is 2.16. The van der Waals surface area contributed by atoms with Crippen molar-refractivity contribution in [1.29, 1.82) is 0 Å². The molecule has 1 saturated heterocycles. The quantitative estimate of drug-likeness (QED) is 0.827. The topological polar surface area (TPSA) is 38.5 Å². The van der Waals surface area contributed by atoms with E-state index in [9.17, 15) is 4.39 Å². The molecule has 3 nitrogen and oxygen atoms in total. The molecule has 1 unspecified atom stereocenters. The Kier molecular flexibility index (Phi) is 3.41.